The lowest BCUT2D eigenvalue weighted by Gasteiger charge is -1.98. The van der Waals surface area contributed by atoms with Crippen LogP contribution in [0.15, 0.2) is 12.4 Å². The summed E-state index contributed by atoms with van der Waals surface area (Å²) in [5.74, 6) is 0.674. The maximum atomic E-state index is 5.42. The van der Waals surface area contributed by atoms with Gasteiger partial charge in [0, 0.05) is 25.2 Å². The van der Waals surface area contributed by atoms with Crippen molar-refractivity contribution in [1.82, 2.24) is 25.0 Å². The molecule has 2 heterocycles. The van der Waals surface area contributed by atoms with Crippen molar-refractivity contribution >= 4 is 0 Å². The number of aromatic nitrogens is 5. The lowest BCUT2D eigenvalue weighted by molar-refractivity contribution is 0.756. The van der Waals surface area contributed by atoms with Crippen LogP contribution in [0.3, 0.4) is 0 Å². The lowest BCUT2D eigenvalue weighted by atomic mass is 10.2. The maximum absolute atomic E-state index is 5.42. The third-order valence-corrected chi connectivity index (χ3v) is 2.27. The number of hydrogen-bond donors (Lipinski definition) is 1. The van der Waals surface area contributed by atoms with E-state index in [2.05, 4.69) is 20.3 Å². The fourth-order valence-corrected chi connectivity index (χ4v) is 1.52. The maximum Gasteiger partial charge on any atom is 0.152 e. The van der Waals surface area contributed by atoms with Gasteiger partial charge in [-0.05, 0) is 13.5 Å². The highest BCUT2D eigenvalue weighted by Crippen LogP contribution is 2.17. The molecule has 0 spiro atoms. The van der Waals surface area contributed by atoms with Gasteiger partial charge in [-0.15, -0.1) is 10.2 Å². The third-order valence-electron chi connectivity index (χ3n) is 2.27. The summed E-state index contributed by atoms with van der Waals surface area (Å²) in [6.07, 6.45) is 4.27. The number of hydrogen-bond acceptors (Lipinski definition) is 5. The Morgan fingerprint density at radius 2 is 2.19 bits per heavy atom. The molecule has 16 heavy (non-hydrogen) atoms. The molecule has 2 N–H and O–H groups in total. The van der Waals surface area contributed by atoms with Crippen molar-refractivity contribution in [3.8, 4) is 11.3 Å². The monoisotopic (exact) mass is 218 g/mol. The van der Waals surface area contributed by atoms with Crippen molar-refractivity contribution in [3.63, 3.8) is 0 Å². The van der Waals surface area contributed by atoms with E-state index in [1.807, 2.05) is 20.2 Å². The zero-order valence-electron chi connectivity index (χ0n) is 9.38. The zero-order chi connectivity index (χ0) is 11.5. The molecule has 2 aromatic rings. The number of nitrogens with two attached hydrogens (primary N) is 1. The van der Waals surface area contributed by atoms with Gasteiger partial charge in [0.1, 0.15) is 5.69 Å². The normalized spacial score (nSPS) is 10.7. The van der Waals surface area contributed by atoms with E-state index in [9.17, 15) is 0 Å². The second-order valence-electron chi connectivity index (χ2n) is 3.60. The largest absolute Gasteiger partial charge is 0.330 e. The first-order chi connectivity index (χ1) is 7.70. The van der Waals surface area contributed by atoms with E-state index < -0.39 is 0 Å². The Kier molecular flexibility index (Phi) is 2.91. The summed E-state index contributed by atoms with van der Waals surface area (Å²) in [5.41, 5.74) is 8.04. The molecule has 0 amide bonds. The van der Waals surface area contributed by atoms with Gasteiger partial charge in [-0.3, -0.25) is 4.68 Å². The Morgan fingerprint density at radius 1 is 1.38 bits per heavy atom. The van der Waals surface area contributed by atoms with Crippen LogP contribution in [0, 0.1) is 6.92 Å². The molecule has 6 nitrogen and oxygen atoms in total. The van der Waals surface area contributed by atoms with E-state index in [0.29, 0.717) is 18.8 Å². The van der Waals surface area contributed by atoms with E-state index in [0.717, 1.165) is 17.0 Å². The molecule has 0 aliphatic heterocycles. The topological polar surface area (TPSA) is 82.5 Å². The predicted octanol–water partition coefficient (Wildman–Crippen LogP) is 0.0817. The van der Waals surface area contributed by atoms with Gasteiger partial charge >= 0.3 is 0 Å². The minimum Gasteiger partial charge on any atom is -0.330 e. The summed E-state index contributed by atoms with van der Waals surface area (Å²) in [6, 6.07) is 0. The average Bonchev–Trinajstić information content (AvgIpc) is 2.59. The lowest BCUT2D eigenvalue weighted by Crippen LogP contribution is -2.07. The molecule has 0 aromatic carbocycles. The predicted molar refractivity (Wildman–Crippen MR) is 59.5 cm³/mol. The summed E-state index contributed by atoms with van der Waals surface area (Å²) in [5, 5.41) is 12.4. The molecule has 0 aliphatic rings. The van der Waals surface area contributed by atoms with Gasteiger partial charge in [-0.2, -0.15) is 5.10 Å². The first-order valence-electron chi connectivity index (χ1n) is 5.10. The number of rotatable bonds is 3. The van der Waals surface area contributed by atoms with Gasteiger partial charge in [0.15, 0.2) is 5.82 Å². The van der Waals surface area contributed by atoms with Crippen molar-refractivity contribution in [2.45, 2.75) is 13.3 Å². The van der Waals surface area contributed by atoms with Crippen LogP contribution in [0.2, 0.25) is 0 Å². The van der Waals surface area contributed by atoms with Crippen molar-refractivity contribution in [3.05, 3.63) is 23.9 Å². The van der Waals surface area contributed by atoms with Crippen molar-refractivity contribution in [2.24, 2.45) is 12.8 Å². The molecule has 0 fully saturated rings. The third kappa shape index (κ3) is 2.06. The summed E-state index contributed by atoms with van der Waals surface area (Å²) in [4.78, 5) is 4.20. The standard InChI is InChI=1S/C10H14N6/c1-7-8(6-16(2)15-7)9-5-12-10(3-4-11)14-13-9/h5-6H,3-4,11H2,1-2H3. The van der Waals surface area contributed by atoms with E-state index >= 15 is 0 Å². The molecular formula is C10H14N6. The van der Waals surface area contributed by atoms with Crippen molar-refractivity contribution in [2.75, 3.05) is 6.54 Å². The number of aryl methyl sites for hydroxylation is 2. The van der Waals surface area contributed by atoms with E-state index in [1.165, 1.54) is 0 Å². The van der Waals surface area contributed by atoms with Crippen LogP contribution in [0.1, 0.15) is 11.5 Å². The second kappa shape index (κ2) is 4.36. The fraction of sp³-hybridized carbons (Fsp3) is 0.400. The highest BCUT2D eigenvalue weighted by molar-refractivity contribution is 5.59. The first-order valence-corrected chi connectivity index (χ1v) is 5.10. The molecule has 0 saturated carbocycles. The molecule has 0 aliphatic carbocycles. The summed E-state index contributed by atoms with van der Waals surface area (Å²) < 4.78 is 1.75. The van der Waals surface area contributed by atoms with Gasteiger partial charge in [0.25, 0.3) is 0 Å². The zero-order valence-corrected chi connectivity index (χ0v) is 9.38. The summed E-state index contributed by atoms with van der Waals surface area (Å²) in [7, 11) is 1.88. The molecule has 0 saturated heterocycles. The highest BCUT2D eigenvalue weighted by Gasteiger charge is 2.08. The van der Waals surface area contributed by atoms with Gasteiger partial charge in [-0.1, -0.05) is 0 Å². The molecule has 0 radical (unpaired) electrons. The minimum absolute atomic E-state index is 0.535. The van der Waals surface area contributed by atoms with E-state index in [-0.39, 0.29) is 0 Å². The molecule has 2 rings (SSSR count). The van der Waals surface area contributed by atoms with Gasteiger partial charge in [0.05, 0.1) is 11.9 Å². The van der Waals surface area contributed by atoms with Gasteiger partial charge < -0.3 is 5.73 Å². The van der Waals surface area contributed by atoms with E-state index in [4.69, 9.17) is 5.73 Å². The quantitative estimate of drug-likeness (QED) is 0.789. The second-order valence-corrected chi connectivity index (χ2v) is 3.60. The first kappa shape index (κ1) is 10.7. The fourth-order valence-electron chi connectivity index (χ4n) is 1.52. The Labute approximate surface area is 93.5 Å². The van der Waals surface area contributed by atoms with E-state index in [1.54, 1.807) is 10.9 Å². The van der Waals surface area contributed by atoms with Gasteiger partial charge in [-0.25, -0.2) is 4.98 Å². The molecule has 0 bridgehead atoms. The van der Waals surface area contributed by atoms with Crippen molar-refractivity contribution in [1.29, 1.82) is 0 Å². The number of nitrogens with zero attached hydrogens (tertiary/aromatic N) is 5. The SMILES string of the molecule is Cc1nn(C)cc1-c1cnc(CCN)nn1. The average molecular weight is 218 g/mol. The smallest absolute Gasteiger partial charge is 0.152 e. The van der Waals surface area contributed by atoms with Gasteiger partial charge in [0.2, 0.25) is 0 Å². The molecule has 0 atom stereocenters. The molecule has 0 unspecified atom stereocenters. The minimum atomic E-state index is 0.535. The molecule has 84 valence electrons. The van der Waals surface area contributed by atoms with Crippen LogP contribution >= 0.6 is 0 Å². The highest BCUT2D eigenvalue weighted by atomic mass is 15.3. The Hall–Kier alpha value is -1.82. The Bertz CT molecular complexity index is 473. The van der Waals surface area contributed by atoms with Crippen LogP contribution in [0.25, 0.3) is 11.3 Å². The summed E-state index contributed by atoms with van der Waals surface area (Å²) in [6.45, 7) is 2.47. The molecule has 6 heteroatoms. The Morgan fingerprint density at radius 3 is 2.69 bits per heavy atom. The summed E-state index contributed by atoms with van der Waals surface area (Å²) >= 11 is 0. The molecular weight excluding hydrogens is 204 g/mol. The Balaban J connectivity index is 2.31. The van der Waals surface area contributed by atoms with Crippen LogP contribution in [-0.4, -0.2) is 31.5 Å². The van der Waals surface area contributed by atoms with Crippen molar-refractivity contribution < 1.29 is 0 Å². The van der Waals surface area contributed by atoms with Crippen LogP contribution in [0.4, 0.5) is 0 Å². The van der Waals surface area contributed by atoms with Crippen LogP contribution in [0.5, 0.6) is 0 Å². The molecule has 2 aromatic heterocycles. The van der Waals surface area contributed by atoms with Crippen LogP contribution in [-0.2, 0) is 13.5 Å². The van der Waals surface area contributed by atoms with Crippen LogP contribution < -0.4 is 5.73 Å².